The van der Waals surface area contributed by atoms with E-state index >= 15 is 0 Å². The summed E-state index contributed by atoms with van der Waals surface area (Å²) in [5.41, 5.74) is 1.78. The molecule has 0 spiro atoms. The van der Waals surface area contributed by atoms with Crippen LogP contribution in [-0.2, 0) is 9.84 Å². The van der Waals surface area contributed by atoms with E-state index in [2.05, 4.69) is 0 Å². The highest BCUT2D eigenvalue weighted by atomic mass is 32.2. The molecular formula is C14H21NO3S2. The van der Waals surface area contributed by atoms with Gasteiger partial charge in [0, 0.05) is 30.0 Å². The van der Waals surface area contributed by atoms with Crippen molar-refractivity contribution in [2.45, 2.75) is 24.8 Å². The maximum atomic E-state index is 11.9. The summed E-state index contributed by atoms with van der Waals surface area (Å²) in [6, 6.07) is 7.57. The number of benzene rings is 1. The normalized spacial score (nSPS) is 21.8. The highest BCUT2D eigenvalue weighted by molar-refractivity contribution is 8.01. The first kappa shape index (κ1) is 15.7. The molecule has 1 fully saturated rings. The molecule has 0 aromatic heterocycles. The second-order valence-electron chi connectivity index (χ2n) is 5.07. The van der Waals surface area contributed by atoms with Gasteiger partial charge >= 0.3 is 0 Å². The van der Waals surface area contributed by atoms with Gasteiger partial charge in [-0.05, 0) is 24.1 Å². The van der Waals surface area contributed by atoms with Gasteiger partial charge < -0.3 is 10.0 Å². The maximum absolute atomic E-state index is 11.9. The van der Waals surface area contributed by atoms with Gasteiger partial charge in [-0.2, -0.15) is 11.8 Å². The van der Waals surface area contributed by atoms with Gasteiger partial charge in [0.2, 0.25) is 0 Å². The first-order valence-corrected chi connectivity index (χ1v) is 9.85. The van der Waals surface area contributed by atoms with Gasteiger partial charge in [0.15, 0.2) is 9.84 Å². The molecule has 1 aromatic carbocycles. The third-order valence-corrected chi connectivity index (χ3v) is 6.22. The number of aliphatic hydroxyl groups excluding tert-OH is 1. The number of sulfone groups is 1. The largest absolute Gasteiger partial charge is 0.388 e. The second kappa shape index (κ2) is 6.37. The van der Waals surface area contributed by atoms with Crippen molar-refractivity contribution in [3.63, 3.8) is 0 Å². The summed E-state index contributed by atoms with van der Waals surface area (Å²) >= 11 is 1.68. The van der Waals surface area contributed by atoms with Crippen LogP contribution in [0.25, 0.3) is 0 Å². The lowest BCUT2D eigenvalue weighted by atomic mass is 10.1. The smallest absolute Gasteiger partial charge is 0.169 e. The lowest BCUT2D eigenvalue weighted by molar-refractivity contribution is 0.173. The third-order valence-electron chi connectivity index (χ3n) is 3.58. The standard InChI is InChI=1S/C14H21NO3S2/c1-3-13(16)11-4-6-12(7-5-11)15-8-9-19-10-14(15)20(2,17)18/h4-7,13-14,16H,3,8-10H2,1-2H3/t13-,14?/m1/s1. The highest BCUT2D eigenvalue weighted by Crippen LogP contribution is 2.28. The number of rotatable bonds is 4. The fourth-order valence-corrected chi connectivity index (χ4v) is 5.20. The minimum Gasteiger partial charge on any atom is -0.388 e. The van der Waals surface area contributed by atoms with Crippen LogP contribution in [-0.4, -0.2) is 43.2 Å². The Bertz CT molecular complexity index is 542. The van der Waals surface area contributed by atoms with E-state index in [9.17, 15) is 13.5 Å². The van der Waals surface area contributed by atoms with E-state index < -0.39 is 21.3 Å². The van der Waals surface area contributed by atoms with Crippen molar-refractivity contribution in [1.82, 2.24) is 0 Å². The molecule has 0 bridgehead atoms. The van der Waals surface area contributed by atoms with E-state index in [0.717, 1.165) is 23.5 Å². The zero-order chi connectivity index (χ0) is 14.8. The number of hydrogen-bond acceptors (Lipinski definition) is 5. The average molecular weight is 315 g/mol. The van der Waals surface area contributed by atoms with Crippen molar-refractivity contribution in [3.8, 4) is 0 Å². The van der Waals surface area contributed by atoms with E-state index in [4.69, 9.17) is 0 Å². The van der Waals surface area contributed by atoms with Crippen LogP contribution in [0, 0.1) is 0 Å². The van der Waals surface area contributed by atoms with Gasteiger partial charge in [0.05, 0.1) is 6.10 Å². The Kier molecular flexibility index (Phi) is 4.99. The Morgan fingerprint density at radius 3 is 2.60 bits per heavy atom. The van der Waals surface area contributed by atoms with Gasteiger partial charge in [0.25, 0.3) is 0 Å². The molecule has 1 aromatic rings. The summed E-state index contributed by atoms with van der Waals surface area (Å²) in [7, 11) is -3.10. The van der Waals surface area contributed by atoms with E-state index in [1.807, 2.05) is 36.1 Å². The van der Waals surface area contributed by atoms with Gasteiger partial charge in [-0.25, -0.2) is 8.42 Å². The van der Waals surface area contributed by atoms with Crippen LogP contribution in [0.15, 0.2) is 24.3 Å². The number of hydrogen-bond donors (Lipinski definition) is 1. The van der Waals surface area contributed by atoms with Crippen molar-refractivity contribution >= 4 is 27.3 Å². The monoisotopic (exact) mass is 315 g/mol. The Balaban J connectivity index is 2.25. The first-order chi connectivity index (χ1) is 9.43. The van der Waals surface area contributed by atoms with Crippen LogP contribution in [0.1, 0.15) is 25.0 Å². The van der Waals surface area contributed by atoms with Crippen LogP contribution in [0.5, 0.6) is 0 Å². The van der Waals surface area contributed by atoms with Crippen LogP contribution in [0.4, 0.5) is 5.69 Å². The molecule has 112 valence electrons. The van der Waals surface area contributed by atoms with Gasteiger partial charge in [-0.15, -0.1) is 0 Å². The molecule has 6 heteroatoms. The lowest BCUT2D eigenvalue weighted by Gasteiger charge is -2.36. The summed E-state index contributed by atoms with van der Waals surface area (Å²) in [6.45, 7) is 2.66. The van der Waals surface area contributed by atoms with Gasteiger partial charge in [0.1, 0.15) is 5.37 Å². The van der Waals surface area contributed by atoms with Crippen molar-refractivity contribution in [2.75, 3.05) is 29.2 Å². The van der Waals surface area contributed by atoms with Crippen LogP contribution in [0.2, 0.25) is 0 Å². The first-order valence-electron chi connectivity index (χ1n) is 6.74. The molecular weight excluding hydrogens is 294 g/mol. The number of nitrogens with zero attached hydrogens (tertiary/aromatic N) is 1. The topological polar surface area (TPSA) is 57.6 Å². The molecule has 1 heterocycles. The van der Waals surface area contributed by atoms with Crippen LogP contribution < -0.4 is 4.90 Å². The molecule has 1 unspecified atom stereocenters. The van der Waals surface area contributed by atoms with E-state index in [0.29, 0.717) is 12.2 Å². The van der Waals surface area contributed by atoms with Crippen LogP contribution in [0.3, 0.4) is 0 Å². The third kappa shape index (κ3) is 3.48. The summed E-state index contributed by atoms with van der Waals surface area (Å²) in [5, 5.41) is 9.34. The summed E-state index contributed by atoms with van der Waals surface area (Å²) < 4.78 is 23.8. The van der Waals surface area contributed by atoms with E-state index in [1.54, 1.807) is 11.8 Å². The molecule has 2 atom stereocenters. The second-order valence-corrected chi connectivity index (χ2v) is 8.42. The SMILES string of the molecule is CC[C@@H](O)c1ccc(N2CCSCC2S(C)(=O)=O)cc1. The predicted octanol–water partition coefficient (Wildman–Crippen LogP) is 2.05. The molecule has 0 aliphatic carbocycles. The summed E-state index contributed by atoms with van der Waals surface area (Å²) in [5.74, 6) is 1.55. The minimum atomic E-state index is -3.10. The average Bonchev–Trinajstić information content (AvgIpc) is 2.46. The summed E-state index contributed by atoms with van der Waals surface area (Å²) in [4.78, 5) is 1.95. The van der Waals surface area contributed by atoms with Gasteiger partial charge in [-0.3, -0.25) is 0 Å². The number of anilines is 1. The fraction of sp³-hybridized carbons (Fsp3) is 0.571. The molecule has 1 saturated heterocycles. The molecule has 1 aliphatic rings. The Labute approximate surface area is 125 Å². The van der Waals surface area contributed by atoms with E-state index in [1.165, 1.54) is 6.26 Å². The molecule has 0 amide bonds. The van der Waals surface area contributed by atoms with Gasteiger partial charge in [-0.1, -0.05) is 19.1 Å². The van der Waals surface area contributed by atoms with Crippen LogP contribution >= 0.6 is 11.8 Å². The van der Waals surface area contributed by atoms with Crippen molar-refractivity contribution in [2.24, 2.45) is 0 Å². The summed E-state index contributed by atoms with van der Waals surface area (Å²) in [6.07, 6.45) is 1.52. The number of thioether (sulfide) groups is 1. The Hall–Kier alpha value is -0.720. The zero-order valence-electron chi connectivity index (χ0n) is 11.8. The molecule has 4 nitrogen and oxygen atoms in total. The zero-order valence-corrected chi connectivity index (χ0v) is 13.5. The van der Waals surface area contributed by atoms with Crippen molar-refractivity contribution in [3.05, 3.63) is 29.8 Å². The van der Waals surface area contributed by atoms with Crippen molar-refractivity contribution in [1.29, 1.82) is 0 Å². The Morgan fingerprint density at radius 1 is 1.40 bits per heavy atom. The van der Waals surface area contributed by atoms with E-state index in [-0.39, 0.29) is 0 Å². The van der Waals surface area contributed by atoms with Crippen molar-refractivity contribution < 1.29 is 13.5 Å². The Morgan fingerprint density at radius 2 is 2.05 bits per heavy atom. The molecule has 20 heavy (non-hydrogen) atoms. The predicted molar refractivity (Wildman–Crippen MR) is 85.0 cm³/mol. The maximum Gasteiger partial charge on any atom is 0.169 e. The minimum absolute atomic E-state index is 0.452. The molecule has 1 aliphatic heterocycles. The number of aliphatic hydroxyl groups is 1. The fourth-order valence-electron chi connectivity index (χ4n) is 2.35. The molecule has 1 N–H and O–H groups in total. The quantitative estimate of drug-likeness (QED) is 0.921. The lowest BCUT2D eigenvalue weighted by Crippen LogP contribution is -2.47. The molecule has 0 radical (unpaired) electrons. The highest BCUT2D eigenvalue weighted by Gasteiger charge is 2.31. The molecule has 0 saturated carbocycles. The molecule has 2 rings (SSSR count).